The van der Waals surface area contributed by atoms with Crippen molar-refractivity contribution in [3.63, 3.8) is 0 Å². The van der Waals surface area contributed by atoms with E-state index in [4.69, 9.17) is 14.3 Å². The highest BCUT2D eigenvalue weighted by Gasteiger charge is 2.24. The summed E-state index contributed by atoms with van der Waals surface area (Å²) in [6, 6.07) is 15.8. The van der Waals surface area contributed by atoms with Gasteiger partial charge in [-0.05, 0) is 79.5 Å². The predicted octanol–water partition coefficient (Wildman–Crippen LogP) is 4.65. The van der Waals surface area contributed by atoms with E-state index in [1.807, 2.05) is 48.5 Å². The summed E-state index contributed by atoms with van der Waals surface area (Å²) < 4.78 is 10.9. The number of aromatic nitrogens is 2. The second-order valence-corrected chi connectivity index (χ2v) is 9.58. The molecule has 37 heavy (non-hydrogen) atoms. The third kappa shape index (κ3) is 6.45. The summed E-state index contributed by atoms with van der Waals surface area (Å²) in [7, 11) is 0. The fourth-order valence-electron chi connectivity index (χ4n) is 5.04. The van der Waals surface area contributed by atoms with Crippen LogP contribution in [0.25, 0.3) is 0 Å². The largest absolute Gasteiger partial charge is 0.481 e. The molecule has 0 spiro atoms. The van der Waals surface area contributed by atoms with E-state index in [0.717, 1.165) is 63.4 Å². The van der Waals surface area contributed by atoms with Crippen LogP contribution in [0.3, 0.4) is 0 Å². The van der Waals surface area contributed by atoms with Gasteiger partial charge in [0.1, 0.15) is 0 Å². The molecular formula is C27H31N5O5. The number of morpholine rings is 1. The summed E-state index contributed by atoms with van der Waals surface area (Å²) in [5.41, 5.74) is 3.74. The summed E-state index contributed by atoms with van der Waals surface area (Å²) in [5.74, 6) is -0.637. The summed E-state index contributed by atoms with van der Waals surface area (Å²) in [6.45, 7) is 3.20. The number of hydrogen-bond donors (Lipinski definition) is 3. The number of anilines is 4. The number of amides is 1. The lowest BCUT2D eigenvalue weighted by molar-refractivity contribution is -0.138. The Kier molecular flexibility index (Phi) is 7.65. The third-order valence-electron chi connectivity index (χ3n) is 7.06. The number of carbonyl (C=O) groups is 2. The van der Waals surface area contributed by atoms with E-state index in [0.29, 0.717) is 11.6 Å². The molecule has 10 heteroatoms. The third-order valence-corrected chi connectivity index (χ3v) is 7.06. The monoisotopic (exact) mass is 505 g/mol. The SMILES string of the molecule is O=C(O)C[C@H]1CC[C@H](c2ccc(NC(=O)c3nnc(Nc4ccc(N5CCOCC5)cc4)o3)cc2)CC1. The first kappa shape index (κ1) is 24.8. The van der Waals surface area contributed by atoms with Gasteiger partial charge in [0.2, 0.25) is 0 Å². The van der Waals surface area contributed by atoms with E-state index in [-0.39, 0.29) is 24.2 Å². The molecule has 3 N–H and O–H groups in total. The molecule has 1 amide bonds. The minimum atomic E-state index is -0.717. The Bertz CT molecular complexity index is 1200. The molecule has 1 saturated carbocycles. The number of rotatable bonds is 8. The van der Waals surface area contributed by atoms with Gasteiger partial charge in [-0.2, -0.15) is 0 Å². The molecule has 3 aromatic rings. The minimum Gasteiger partial charge on any atom is -0.481 e. The van der Waals surface area contributed by atoms with E-state index >= 15 is 0 Å². The van der Waals surface area contributed by atoms with Crippen molar-refractivity contribution in [2.24, 2.45) is 5.92 Å². The standard InChI is InChI=1S/C27H31N5O5/c33-24(34)17-18-1-3-19(4-2-18)20-5-7-21(8-6-20)28-25(35)26-30-31-27(37-26)29-22-9-11-23(12-10-22)32-13-15-36-16-14-32/h5-12,18-19H,1-4,13-17H2,(H,28,35)(H,29,31)(H,33,34)/t18-,19-. The van der Waals surface area contributed by atoms with Crippen molar-refractivity contribution in [2.75, 3.05) is 41.8 Å². The molecular weight excluding hydrogens is 474 g/mol. The first-order valence-corrected chi connectivity index (χ1v) is 12.7. The van der Waals surface area contributed by atoms with Crippen molar-refractivity contribution in [2.45, 2.75) is 38.0 Å². The smallest absolute Gasteiger partial charge is 0.320 e. The highest BCUT2D eigenvalue weighted by atomic mass is 16.5. The minimum absolute atomic E-state index is 0.131. The van der Waals surface area contributed by atoms with Gasteiger partial charge in [-0.1, -0.05) is 17.2 Å². The summed E-state index contributed by atoms with van der Waals surface area (Å²) in [5, 5.41) is 22.6. The number of carboxylic acid groups (broad SMARTS) is 1. The number of ether oxygens (including phenoxy) is 1. The molecule has 2 heterocycles. The van der Waals surface area contributed by atoms with Gasteiger partial charge in [-0.3, -0.25) is 9.59 Å². The Morgan fingerprint density at radius 3 is 2.27 bits per heavy atom. The lowest BCUT2D eigenvalue weighted by atomic mass is 9.77. The van der Waals surface area contributed by atoms with Crippen molar-refractivity contribution in [1.29, 1.82) is 0 Å². The molecule has 1 saturated heterocycles. The molecule has 10 nitrogen and oxygen atoms in total. The quantitative estimate of drug-likeness (QED) is 0.400. The average Bonchev–Trinajstić information content (AvgIpc) is 3.39. The van der Waals surface area contributed by atoms with Crippen LogP contribution in [-0.4, -0.2) is 53.5 Å². The van der Waals surface area contributed by atoms with Crippen molar-refractivity contribution in [3.05, 3.63) is 60.0 Å². The number of nitrogens with one attached hydrogen (secondary N) is 2. The van der Waals surface area contributed by atoms with E-state index in [9.17, 15) is 9.59 Å². The van der Waals surface area contributed by atoms with Crippen LogP contribution in [0.15, 0.2) is 52.9 Å². The molecule has 1 aromatic heterocycles. The van der Waals surface area contributed by atoms with E-state index in [2.05, 4.69) is 25.7 Å². The molecule has 2 aliphatic rings. The van der Waals surface area contributed by atoms with Gasteiger partial charge >= 0.3 is 23.8 Å². The zero-order valence-corrected chi connectivity index (χ0v) is 20.6. The van der Waals surface area contributed by atoms with Gasteiger partial charge in [0.05, 0.1) is 13.2 Å². The van der Waals surface area contributed by atoms with Gasteiger partial charge in [0, 0.05) is 36.6 Å². The van der Waals surface area contributed by atoms with Crippen LogP contribution in [0.5, 0.6) is 0 Å². The second kappa shape index (κ2) is 11.4. The molecule has 5 rings (SSSR count). The Morgan fingerprint density at radius 1 is 0.919 bits per heavy atom. The normalized spacial score (nSPS) is 19.8. The predicted molar refractivity (Wildman–Crippen MR) is 138 cm³/mol. The number of nitrogens with zero attached hydrogens (tertiary/aromatic N) is 3. The van der Waals surface area contributed by atoms with Gasteiger partial charge < -0.3 is 29.8 Å². The van der Waals surface area contributed by atoms with Crippen LogP contribution >= 0.6 is 0 Å². The molecule has 1 aliphatic carbocycles. The lowest BCUT2D eigenvalue weighted by Crippen LogP contribution is -2.36. The maximum absolute atomic E-state index is 12.6. The van der Waals surface area contributed by atoms with E-state index < -0.39 is 11.9 Å². The molecule has 0 radical (unpaired) electrons. The molecule has 2 fully saturated rings. The summed E-state index contributed by atoms with van der Waals surface area (Å²) in [4.78, 5) is 25.8. The van der Waals surface area contributed by atoms with Crippen molar-refractivity contribution in [3.8, 4) is 0 Å². The molecule has 2 aromatic carbocycles. The van der Waals surface area contributed by atoms with Crippen LogP contribution < -0.4 is 15.5 Å². The molecule has 0 atom stereocenters. The number of carboxylic acids is 1. The first-order chi connectivity index (χ1) is 18.0. The van der Waals surface area contributed by atoms with Crippen LogP contribution in [0.2, 0.25) is 0 Å². The van der Waals surface area contributed by atoms with Crippen LogP contribution in [0.1, 0.15) is 54.3 Å². The number of hydrogen-bond acceptors (Lipinski definition) is 8. The summed E-state index contributed by atoms with van der Waals surface area (Å²) >= 11 is 0. The van der Waals surface area contributed by atoms with Crippen LogP contribution in [0, 0.1) is 5.92 Å². The molecule has 0 unspecified atom stereocenters. The van der Waals surface area contributed by atoms with Gasteiger partial charge in [-0.15, -0.1) is 5.10 Å². The zero-order chi connectivity index (χ0) is 25.6. The van der Waals surface area contributed by atoms with Crippen LogP contribution in [-0.2, 0) is 9.53 Å². The highest BCUT2D eigenvalue weighted by Crippen LogP contribution is 2.37. The summed E-state index contributed by atoms with van der Waals surface area (Å²) in [6.07, 6.45) is 4.09. The van der Waals surface area contributed by atoms with Gasteiger partial charge in [-0.25, -0.2) is 0 Å². The van der Waals surface area contributed by atoms with E-state index in [1.54, 1.807) is 0 Å². The average molecular weight is 506 g/mol. The molecule has 0 bridgehead atoms. The van der Waals surface area contributed by atoms with Crippen molar-refractivity contribution in [1.82, 2.24) is 10.2 Å². The first-order valence-electron chi connectivity index (χ1n) is 12.7. The second-order valence-electron chi connectivity index (χ2n) is 9.58. The topological polar surface area (TPSA) is 130 Å². The van der Waals surface area contributed by atoms with Crippen molar-refractivity contribution < 1.29 is 23.8 Å². The Balaban J connectivity index is 1.12. The fraction of sp³-hybridized carbons (Fsp3) is 0.407. The number of benzene rings is 2. The Labute approximate surface area is 215 Å². The Morgan fingerprint density at radius 2 is 1.59 bits per heavy atom. The van der Waals surface area contributed by atoms with Crippen molar-refractivity contribution >= 4 is 35.0 Å². The Hall–Kier alpha value is -3.92. The maximum atomic E-state index is 12.6. The maximum Gasteiger partial charge on any atom is 0.320 e. The lowest BCUT2D eigenvalue weighted by Gasteiger charge is -2.28. The van der Waals surface area contributed by atoms with Crippen LogP contribution in [0.4, 0.5) is 23.1 Å². The molecule has 1 aliphatic heterocycles. The fourth-order valence-corrected chi connectivity index (χ4v) is 5.04. The highest BCUT2D eigenvalue weighted by molar-refractivity contribution is 6.00. The zero-order valence-electron chi connectivity index (χ0n) is 20.6. The molecule has 194 valence electrons. The number of aliphatic carboxylic acids is 1. The van der Waals surface area contributed by atoms with E-state index in [1.165, 1.54) is 5.56 Å². The number of carbonyl (C=O) groups excluding carboxylic acids is 1. The van der Waals surface area contributed by atoms with Gasteiger partial charge in [0.25, 0.3) is 0 Å². The van der Waals surface area contributed by atoms with Gasteiger partial charge in [0.15, 0.2) is 0 Å².